The Balaban J connectivity index is 1.50. The first-order valence-corrected chi connectivity index (χ1v) is 8.98. The molecule has 0 aromatic carbocycles. The third-order valence-corrected chi connectivity index (χ3v) is 5.91. The Hall–Kier alpha value is -0.650. The summed E-state index contributed by atoms with van der Waals surface area (Å²) < 4.78 is 5.35. The molecule has 5 heteroatoms. The zero-order chi connectivity index (χ0) is 15.6. The number of rotatable bonds is 2. The Morgan fingerprint density at radius 3 is 2.23 bits per heavy atom. The van der Waals surface area contributed by atoms with Gasteiger partial charge in [0, 0.05) is 45.4 Å². The molecule has 1 saturated carbocycles. The number of carbonyl (C=O) groups excluding carboxylic acids is 1. The lowest BCUT2D eigenvalue weighted by Gasteiger charge is -2.44. The van der Waals surface area contributed by atoms with Crippen LogP contribution in [0.15, 0.2) is 0 Å². The van der Waals surface area contributed by atoms with E-state index in [0.717, 1.165) is 38.1 Å². The lowest BCUT2D eigenvalue weighted by Crippen LogP contribution is -2.62. The van der Waals surface area contributed by atoms with Gasteiger partial charge < -0.3 is 15.4 Å². The quantitative estimate of drug-likeness (QED) is 0.833. The van der Waals surface area contributed by atoms with E-state index in [1.807, 2.05) is 4.90 Å². The van der Waals surface area contributed by atoms with Gasteiger partial charge in [0.2, 0.25) is 5.91 Å². The van der Waals surface area contributed by atoms with Crippen LogP contribution in [0.4, 0.5) is 0 Å². The molecule has 3 rings (SSSR count). The number of hydrogen-bond acceptors (Lipinski definition) is 4. The van der Waals surface area contributed by atoms with Crippen molar-refractivity contribution >= 4 is 5.91 Å². The average molecular weight is 309 g/mol. The van der Waals surface area contributed by atoms with Gasteiger partial charge in [-0.3, -0.25) is 9.69 Å². The van der Waals surface area contributed by atoms with E-state index in [2.05, 4.69) is 11.8 Å². The molecule has 0 aromatic heterocycles. The first-order chi connectivity index (χ1) is 10.6. The van der Waals surface area contributed by atoms with E-state index in [1.54, 1.807) is 0 Å². The van der Waals surface area contributed by atoms with Crippen LogP contribution in [-0.4, -0.2) is 66.7 Å². The van der Waals surface area contributed by atoms with Gasteiger partial charge in [-0.1, -0.05) is 6.92 Å². The van der Waals surface area contributed by atoms with Gasteiger partial charge in [0.05, 0.1) is 5.54 Å². The zero-order valence-electron chi connectivity index (χ0n) is 13.9. The van der Waals surface area contributed by atoms with Crippen molar-refractivity contribution in [3.63, 3.8) is 0 Å². The normalized spacial score (nSPS) is 33.6. The van der Waals surface area contributed by atoms with Crippen LogP contribution in [0.3, 0.4) is 0 Å². The Bertz CT molecular complexity index is 379. The molecule has 22 heavy (non-hydrogen) atoms. The Morgan fingerprint density at radius 1 is 1.05 bits per heavy atom. The van der Waals surface area contributed by atoms with E-state index >= 15 is 0 Å². The number of nitrogens with zero attached hydrogens (tertiary/aromatic N) is 2. The molecule has 0 aromatic rings. The summed E-state index contributed by atoms with van der Waals surface area (Å²) in [6.07, 6.45) is 6.69. The van der Waals surface area contributed by atoms with Gasteiger partial charge in [0.15, 0.2) is 0 Å². The fraction of sp³-hybridized carbons (Fsp3) is 0.941. The molecule has 0 radical (unpaired) electrons. The molecular weight excluding hydrogens is 278 g/mol. The molecule has 126 valence electrons. The minimum absolute atomic E-state index is 0.146. The summed E-state index contributed by atoms with van der Waals surface area (Å²) in [4.78, 5) is 17.3. The summed E-state index contributed by atoms with van der Waals surface area (Å²) in [5.74, 6) is 1.04. The third kappa shape index (κ3) is 3.47. The molecule has 3 aliphatic rings. The maximum absolute atomic E-state index is 12.7. The minimum atomic E-state index is -0.680. The van der Waals surface area contributed by atoms with Gasteiger partial charge in [-0.25, -0.2) is 0 Å². The maximum Gasteiger partial charge on any atom is 0.242 e. The predicted molar refractivity (Wildman–Crippen MR) is 86.5 cm³/mol. The van der Waals surface area contributed by atoms with Crippen LogP contribution >= 0.6 is 0 Å². The van der Waals surface area contributed by atoms with Crippen LogP contribution in [0, 0.1) is 5.92 Å². The van der Waals surface area contributed by atoms with Crippen LogP contribution in [0.2, 0.25) is 0 Å². The Morgan fingerprint density at radius 2 is 1.64 bits per heavy atom. The largest absolute Gasteiger partial charge is 0.381 e. The van der Waals surface area contributed by atoms with Gasteiger partial charge in [-0.15, -0.1) is 0 Å². The molecule has 1 amide bonds. The van der Waals surface area contributed by atoms with Crippen molar-refractivity contribution in [1.82, 2.24) is 9.80 Å². The molecule has 2 saturated heterocycles. The lowest BCUT2D eigenvalue weighted by atomic mass is 9.86. The summed E-state index contributed by atoms with van der Waals surface area (Å²) in [7, 11) is 0. The highest BCUT2D eigenvalue weighted by molar-refractivity contribution is 5.86. The molecule has 0 bridgehead atoms. The summed E-state index contributed by atoms with van der Waals surface area (Å²) in [6.45, 7) is 7.29. The molecule has 5 nitrogen and oxygen atoms in total. The fourth-order valence-corrected chi connectivity index (χ4v) is 4.16. The lowest BCUT2D eigenvalue weighted by molar-refractivity contribution is -0.142. The van der Waals surface area contributed by atoms with Crippen molar-refractivity contribution < 1.29 is 9.53 Å². The zero-order valence-corrected chi connectivity index (χ0v) is 13.9. The van der Waals surface area contributed by atoms with Crippen molar-refractivity contribution in [2.45, 2.75) is 57.0 Å². The number of nitrogens with two attached hydrogens (primary N) is 1. The van der Waals surface area contributed by atoms with Crippen LogP contribution in [0.1, 0.15) is 45.4 Å². The third-order valence-electron chi connectivity index (χ3n) is 5.91. The summed E-state index contributed by atoms with van der Waals surface area (Å²) >= 11 is 0. The summed E-state index contributed by atoms with van der Waals surface area (Å²) in [5.41, 5.74) is 5.66. The smallest absolute Gasteiger partial charge is 0.242 e. The van der Waals surface area contributed by atoms with Gasteiger partial charge >= 0.3 is 0 Å². The van der Waals surface area contributed by atoms with Crippen molar-refractivity contribution in [2.24, 2.45) is 11.7 Å². The predicted octanol–water partition coefficient (Wildman–Crippen LogP) is 1.22. The monoisotopic (exact) mass is 309 g/mol. The van der Waals surface area contributed by atoms with E-state index in [0.29, 0.717) is 26.1 Å². The molecule has 2 N–H and O–H groups in total. The SMILES string of the molecule is CC1CCC(N2CCN(C(=O)C3(N)CCOCC3)CC2)CC1. The standard InChI is InChI=1S/C17H31N3O2/c1-14-2-4-15(5-3-14)19-8-10-20(11-9-19)16(21)17(18)6-12-22-13-7-17/h14-15H,2-13,18H2,1H3. The van der Waals surface area contributed by atoms with Crippen LogP contribution < -0.4 is 5.73 Å². The number of ether oxygens (including phenoxy) is 1. The van der Waals surface area contributed by atoms with Crippen LogP contribution in [-0.2, 0) is 9.53 Å². The second kappa shape index (κ2) is 6.85. The molecule has 2 aliphatic heterocycles. The first kappa shape index (κ1) is 16.2. The number of hydrogen-bond donors (Lipinski definition) is 1. The van der Waals surface area contributed by atoms with Crippen molar-refractivity contribution in [2.75, 3.05) is 39.4 Å². The van der Waals surface area contributed by atoms with E-state index in [1.165, 1.54) is 25.7 Å². The maximum atomic E-state index is 12.7. The molecule has 3 fully saturated rings. The topological polar surface area (TPSA) is 58.8 Å². The fourth-order valence-electron chi connectivity index (χ4n) is 4.16. The number of piperazine rings is 1. The average Bonchev–Trinajstić information content (AvgIpc) is 2.56. The van der Waals surface area contributed by atoms with E-state index in [-0.39, 0.29) is 5.91 Å². The number of amides is 1. The van der Waals surface area contributed by atoms with Crippen molar-refractivity contribution in [3.05, 3.63) is 0 Å². The summed E-state index contributed by atoms with van der Waals surface area (Å²) in [6, 6.07) is 0.739. The molecular formula is C17H31N3O2. The van der Waals surface area contributed by atoms with Crippen LogP contribution in [0.25, 0.3) is 0 Å². The van der Waals surface area contributed by atoms with E-state index in [4.69, 9.17) is 10.5 Å². The second-order valence-electron chi connectivity index (χ2n) is 7.51. The van der Waals surface area contributed by atoms with Gasteiger partial charge in [0.1, 0.15) is 0 Å². The Labute approximate surface area is 134 Å². The van der Waals surface area contributed by atoms with Gasteiger partial charge in [0.25, 0.3) is 0 Å². The molecule has 1 aliphatic carbocycles. The summed E-state index contributed by atoms with van der Waals surface area (Å²) in [5, 5.41) is 0. The first-order valence-electron chi connectivity index (χ1n) is 8.98. The Kier molecular flexibility index (Phi) is 5.05. The highest BCUT2D eigenvalue weighted by Crippen LogP contribution is 2.28. The molecule has 0 unspecified atom stereocenters. The molecule has 2 heterocycles. The van der Waals surface area contributed by atoms with Gasteiger partial charge in [-0.2, -0.15) is 0 Å². The van der Waals surface area contributed by atoms with Crippen LogP contribution in [0.5, 0.6) is 0 Å². The number of carbonyl (C=O) groups is 1. The minimum Gasteiger partial charge on any atom is -0.381 e. The molecule has 0 atom stereocenters. The van der Waals surface area contributed by atoms with Crippen molar-refractivity contribution in [1.29, 1.82) is 0 Å². The highest BCUT2D eigenvalue weighted by atomic mass is 16.5. The van der Waals surface area contributed by atoms with E-state index < -0.39 is 5.54 Å². The second-order valence-corrected chi connectivity index (χ2v) is 7.51. The molecule has 0 spiro atoms. The van der Waals surface area contributed by atoms with Crippen molar-refractivity contribution in [3.8, 4) is 0 Å². The van der Waals surface area contributed by atoms with E-state index in [9.17, 15) is 4.79 Å². The highest BCUT2D eigenvalue weighted by Gasteiger charge is 2.40. The van der Waals surface area contributed by atoms with Gasteiger partial charge in [-0.05, 0) is 44.4 Å².